The van der Waals surface area contributed by atoms with E-state index in [9.17, 15) is 33.0 Å². The number of tetrazole rings is 1. The van der Waals surface area contributed by atoms with Gasteiger partial charge in [-0.25, -0.2) is 4.68 Å². The summed E-state index contributed by atoms with van der Waals surface area (Å²) in [4.78, 5) is 24.9. The van der Waals surface area contributed by atoms with Crippen LogP contribution in [0.25, 0.3) is 0 Å². The van der Waals surface area contributed by atoms with E-state index in [0.29, 0.717) is 17.0 Å². The van der Waals surface area contributed by atoms with Gasteiger partial charge in [-0.15, -0.1) is 5.10 Å². The van der Waals surface area contributed by atoms with E-state index < -0.39 is 49.2 Å². The molecule has 4 aromatic rings. The largest absolute Gasteiger partial charge is 0.507 e. The topological polar surface area (TPSA) is 158 Å². The van der Waals surface area contributed by atoms with Gasteiger partial charge in [0.15, 0.2) is 5.78 Å². The Balaban J connectivity index is 1.40. The SMILES string of the molecule is COc1ccc(Cn2nnnc2C(=O)Nc2cc(OCC(O)COc3ccc(C(C)=O)c(O)c3CCC(F)(F)F)c(Cl)cc2C)cc1. The molecule has 1 aromatic heterocycles. The molecule has 16 heteroatoms. The maximum Gasteiger partial charge on any atom is 0.389 e. The predicted molar refractivity (Wildman–Crippen MR) is 164 cm³/mol. The van der Waals surface area contributed by atoms with Crippen LogP contribution in [0.15, 0.2) is 48.5 Å². The number of carbonyl (C=O) groups excluding carboxylic acids is 2. The monoisotopic (exact) mass is 677 g/mol. The number of nitrogens with zero attached hydrogens (tertiary/aromatic N) is 4. The molecule has 0 fully saturated rings. The molecule has 0 aliphatic carbocycles. The number of methoxy groups -OCH3 is 1. The summed E-state index contributed by atoms with van der Waals surface area (Å²) in [6.07, 6.45) is -7.70. The van der Waals surface area contributed by atoms with E-state index in [4.69, 9.17) is 25.8 Å². The van der Waals surface area contributed by atoms with Gasteiger partial charge in [-0.2, -0.15) is 13.2 Å². The maximum absolute atomic E-state index is 13.1. The molecule has 0 radical (unpaired) electrons. The molecule has 0 spiro atoms. The lowest BCUT2D eigenvalue weighted by Gasteiger charge is -2.19. The zero-order chi connectivity index (χ0) is 34.3. The average Bonchev–Trinajstić information content (AvgIpc) is 3.48. The number of halogens is 4. The molecule has 250 valence electrons. The number of aromatic nitrogens is 4. The van der Waals surface area contributed by atoms with Crippen LogP contribution in [0.5, 0.6) is 23.0 Å². The van der Waals surface area contributed by atoms with Gasteiger partial charge in [-0.3, -0.25) is 9.59 Å². The number of aromatic hydroxyl groups is 1. The Hall–Kier alpha value is -4.89. The molecule has 1 atom stereocenters. The summed E-state index contributed by atoms with van der Waals surface area (Å²) in [5.74, 6) is -1.14. The highest BCUT2D eigenvalue weighted by Gasteiger charge is 2.29. The summed E-state index contributed by atoms with van der Waals surface area (Å²) in [7, 11) is 1.56. The molecule has 0 saturated carbocycles. The van der Waals surface area contributed by atoms with Crippen molar-refractivity contribution in [3.63, 3.8) is 0 Å². The molecule has 3 N–H and O–H groups in total. The van der Waals surface area contributed by atoms with Crippen molar-refractivity contribution in [2.75, 3.05) is 25.6 Å². The van der Waals surface area contributed by atoms with E-state index >= 15 is 0 Å². The first-order valence-electron chi connectivity index (χ1n) is 14.1. The van der Waals surface area contributed by atoms with Gasteiger partial charge in [-0.1, -0.05) is 23.7 Å². The number of ketones is 1. The lowest BCUT2D eigenvalue weighted by molar-refractivity contribution is -0.134. The van der Waals surface area contributed by atoms with E-state index in [2.05, 4.69) is 20.8 Å². The van der Waals surface area contributed by atoms with E-state index in [1.165, 1.54) is 29.8 Å². The highest BCUT2D eigenvalue weighted by atomic mass is 35.5. The number of aryl methyl sites for hydroxylation is 1. The van der Waals surface area contributed by atoms with Crippen LogP contribution in [0, 0.1) is 6.92 Å². The second-order valence-electron chi connectivity index (χ2n) is 10.4. The third-order valence-electron chi connectivity index (χ3n) is 6.89. The van der Waals surface area contributed by atoms with Gasteiger partial charge in [0.2, 0.25) is 5.82 Å². The summed E-state index contributed by atoms with van der Waals surface area (Å²) >= 11 is 6.34. The number of Topliss-reactive ketones (excluding diaryl/α,β-unsaturated/α-hetero) is 1. The number of aliphatic hydroxyl groups excluding tert-OH is 1. The Labute approximate surface area is 272 Å². The zero-order valence-electron chi connectivity index (χ0n) is 25.5. The summed E-state index contributed by atoms with van der Waals surface area (Å²) in [6.45, 7) is 2.31. The van der Waals surface area contributed by atoms with Crippen molar-refractivity contribution < 1.29 is 47.2 Å². The lowest BCUT2D eigenvalue weighted by Crippen LogP contribution is -2.25. The number of hydrogen-bond donors (Lipinski definition) is 3. The normalized spacial score (nSPS) is 12.0. The van der Waals surface area contributed by atoms with Gasteiger partial charge in [0.1, 0.15) is 42.3 Å². The number of alkyl halides is 3. The fourth-order valence-electron chi connectivity index (χ4n) is 4.42. The molecule has 4 rings (SSSR count). The Bertz CT molecular complexity index is 1730. The van der Waals surface area contributed by atoms with Crippen molar-refractivity contribution in [2.24, 2.45) is 0 Å². The molecule has 1 heterocycles. The molecule has 0 aliphatic rings. The standard InChI is InChI=1S/C31H31ClF3N5O7/c1-17-12-24(32)27(13-25(17)36-30(44)29-37-38-39-40(29)14-19-4-6-21(45-3)7-5-19)47-16-20(42)15-46-26-9-8-22(18(2)41)28(43)23(26)10-11-31(33,34)35/h4-9,12-13,20,42-43H,10-11,14-16H2,1-3H3,(H,36,44). The highest BCUT2D eigenvalue weighted by Crippen LogP contribution is 2.36. The fourth-order valence-corrected chi connectivity index (χ4v) is 4.69. The third kappa shape index (κ3) is 9.33. The van der Waals surface area contributed by atoms with Crippen LogP contribution >= 0.6 is 11.6 Å². The maximum atomic E-state index is 13.1. The number of anilines is 1. The van der Waals surface area contributed by atoms with Crippen LogP contribution in [0.4, 0.5) is 18.9 Å². The van der Waals surface area contributed by atoms with E-state index in [0.717, 1.165) is 5.56 Å². The smallest absolute Gasteiger partial charge is 0.389 e. The van der Waals surface area contributed by atoms with Crippen molar-refractivity contribution in [1.82, 2.24) is 20.2 Å². The fraction of sp³-hybridized carbons (Fsp3) is 0.323. The Morgan fingerprint density at radius 1 is 1.06 bits per heavy atom. The number of phenols is 1. The van der Waals surface area contributed by atoms with Crippen molar-refractivity contribution >= 4 is 29.0 Å². The number of hydrogen-bond acceptors (Lipinski definition) is 10. The van der Waals surface area contributed by atoms with Gasteiger partial charge in [0, 0.05) is 23.7 Å². The summed E-state index contributed by atoms with van der Waals surface area (Å²) < 4.78 is 56.3. The number of phenolic OH excluding ortho intramolecular Hbond substituents is 1. The molecule has 1 amide bonds. The molecule has 47 heavy (non-hydrogen) atoms. The second kappa shape index (κ2) is 15.1. The third-order valence-corrected chi connectivity index (χ3v) is 7.19. The average molecular weight is 678 g/mol. The predicted octanol–water partition coefficient (Wildman–Crippen LogP) is 5.17. The number of benzene rings is 3. The molecular formula is C31H31ClF3N5O7. The van der Waals surface area contributed by atoms with Crippen molar-refractivity contribution in [3.8, 4) is 23.0 Å². The number of ether oxygens (including phenoxy) is 3. The molecule has 3 aromatic carbocycles. The van der Waals surface area contributed by atoms with Crippen LogP contribution in [0.2, 0.25) is 5.02 Å². The first-order chi connectivity index (χ1) is 22.3. The van der Waals surface area contributed by atoms with Gasteiger partial charge >= 0.3 is 6.18 Å². The van der Waals surface area contributed by atoms with Gasteiger partial charge in [-0.05, 0) is 72.2 Å². The van der Waals surface area contributed by atoms with E-state index in [-0.39, 0.29) is 46.6 Å². The summed E-state index contributed by atoms with van der Waals surface area (Å²) in [5.41, 5.74) is 1.39. The van der Waals surface area contributed by atoms with Crippen molar-refractivity contribution in [3.05, 3.63) is 81.6 Å². The molecule has 12 nitrogen and oxygen atoms in total. The summed E-state index contributed by atoms with van der Waals surface area (Å²) in [5, 5.41) is 35.2. The Morgan fingerprint density at radius 3 is 2.38 bits per heavy atom. The minimum Gasteiger partial charge on any atom is -0.507 e. The van der Waals surface area contributed by atoms with E-state index in [1.807, 2.05) is 12.1 Å². The number of nitrogens with one attached hydrogen (secondary N) is 1. The van der Waals surface area contributed by atoms with Gasteiger partial charge < -0.3 is 29.7 Å². The number of amides is 1. The zero-order valence-corrected chi connectivity index (χ0v) is 26.2. The molecule has 1 unspecified atom stereocenters. The molecule has 0 aliphatic heterocycles. The number of aliphatic hydroxyl groups is 1. The van der Waals surface area contributed by atoms with E-state index in [1.54, 1.807) is 32.2 Å². The summed E-state index contributed by atoms with van der Waals surface area (Å²) in [6, 6.07) is 12.7. The molecular weight excluding hydrogens is 647 g/mol. The first kappa shape index (κ1) is 35.0. The number of rotatable bonds is 14. The van der Waals surface area contributed by atoms with Crippen LogP contribution in [0.3, 0.4) is 0 Å². The van der Waals surface area contributed by atoms with Crippen molar-refractivity contribution in [1.29, 1.82) is 0 Å². The number of carbonyl (C=O) groups is 2. The Kier molecular flexibility index (Phi) is 11.3. The van der Waals surface area contributed by atoms with Crippen molar-refractivity contribution in [2.45, 2.75) is 45.5 Å². The van der Waals surface area contributed by atoms with Gasteiger partial charge in [0.05, 0.1) is 24.2 Å². The minimum atomic E-state index is -4.51. The molecule has 0 saturated heterocycles. The first-order valence-corrected chi connectivity index (χ1v) is 14.5. The highest BCUT2D eigenvalue weighted by molar-refractivity contribution is 6.32. The van der Waals surface area contributed by atoms with Gasteiger partial charge in [0.25, 0.3) is 5.91 Å². The van der Waals surface area contributed by atoms with Crippen LogP contribution < -0.4 is 19.5 Å². The van der Waals surface area contributed by atoms with Crippen LogP contribution in [-0.4, -0.2) is 74.7 Å². The Morgan fingerprint density at radius 2 is 1.74 bits per heavy atom. The van der Waals surface area contributed by atoms with Crippen LogP contribution in [-0.2, 0) is 13.0 Å². The lowest BCUT2D eigenvalue weighted by atomic mass is 10.0. The molecule has 0 bridgehead atoms. The second-order valence-corrected chi connectivity index (χ2v) is 10.9. The van der Waals surface area contributed by atoms with Crippen LogP contribution in [0.1, 0.15) is 51.0 Å². The minimum absolute atomic E-state index is 0.0535. The quantitative estimate of drug-likeness (QED) is 0.152.